The Morgan fingerprint density at radius 1 is 1.64 bits per heavy atom. The van der Waals surface area contributed by atoms with Gasteiger partial charge in [-0.2, -0.15) is 0 Å². The molecule has 0 heterocycles. The molecular formula is C10H14BrFO2. The molecule has 0 spiro atoms. The second kappa shape index (κ2) is 5.63. The van der Waals surface area contributed by atoms with Gasteiger partial charge in [-0.25, -0.2) is 4.39 Å². The van der Waals surface area contributed by atoms with Crippen molar-refractivity contribution in [1.82, 2.24) is 0 Å². The van der Waals surface area contributed by atoms with Crippen molar-refractivity contribution in [2.45, 2.75) is 17.2 Å². The molecule has 1 aliphatic rings. The number of halogens is 2. The van der Waals surface area contributed by atoms with Gasteiger partial charge in [0.1, 0.15) is 12.6 Å². The van der Waals surface area contributed by atoms with E-state index < -0.39 is 0 Å². The summed E-state index contributed by atoms with van der Waals surface area (Å²) in [7, 11) is 1.59. The Bertz CT molecular complexity index is 240. The van der Waals surface area contributed by atoms with E-state index >= 15 is 0 Å². The highest BCUT2D eigenvalue weighted by molar-refractivity contribution is 9.10. The molecular weight excluding hydrogens is 251 g/mol. The van der Waals surface area contributed by atoms with Crippen LogP contribution < -0.4 is 0 Å². The van der Waals surface area contributed by atoms with Crippen LogP contribution in [0.15, 0.2) is 24.1 Å². The molecule has 1 unspecified atom stereocenters. The maximum Gasteiger partial charge on any atom is 0.146 e. The normalized spacial score (nSPS) is 26.4. The summed E-state index contributed by atoms with van der Waals surface area (Å²) < 4.78 is 22.4. The molecule has 14 heavy (non-hydrogen) atoms. The SMILES string of the molecule is COCOCCC1(Br)C=CC(F)=CC1. The van der Waals surface area contributed by atoms with Crippen LogP contribution >= 0.6 is 15.9 Å². The average molecular weight is 265 g/mol. The zero-order chi connectivity index (χ0) is 10.4. The predicted molar refractivity (Wildman–Crippen MR) is 57.1 cm³/mol. The second-order valence-electron chi connectivity index (χ2n) is 3.23. The van der Waals surface area contributed by atoms with Gasteiger partial charge >= 0.3 is 0 Å². The van der Waals surface area contributed by atoms with Gasteiger partial charge in [-0.05, 0) is 25.0 Å². The van der Waals surface area contributed by atoms with E-state index in [0.717, 1.165) is 6.42 Å². The molecule has 0 N–H and O–H groups in total. The van der Waals surface area contributed by atoms with Crippen molar-refractivity contribution in [2.75, 3.05) is 20.5 Å². The van der Waals surface area contributed by atoms with Gasteiger partial charge in [0.15, 0.2) is 0 Å². The Hall–Kier alpha value is -0.190. The van der Waals surface area contributed by atoms with Gasteiger partial charge in [0.05, 0.1) is 6.61 Å². The zero-order valence-electron chi connectivity index (χ0n) is 8.13. The first kappa shape index (κ1) is 11.9. The maximum atomic E-state index is 12.7. The van der Waals surface area contributed by atoms with E-state index in [4.69, 9.17) is 9.47 Å². The third kappa shape index (κ3) is 3.90. The fourth-order valence-corrected chi connectivity index (χ4v) is 1.66. The van der Waals surface area contributed by atoms with Gasteiger partial charge in [-0.15, -0.1) is 0 Å². The molecule has 0 aliphatic heterocycles. The molecule has 1 atom stereocenters. The smallest absolute Gasteiger partial charge is 0.146 e. The number of hydrogen-bond acceptors (Lipinski definition) is 2. The predicted octanol–water partition coefficient (Wildman–Crippen LogP) is 2.94. The van der Waals surface area contributed by atoms with E-state index in [0.29, 0.717) is 19.8 Å². The molecule has 4 heteroatoms. The lowest BCUT2D eigenvalue weighted by Crippen LogP contribution is -2.21. The summed E-state index contributed by atoms with van der Waals surface area (Å²) in [5, 5.41) is 0. The van der Waals surface area contributed by atoms with Crippen LogP contribution in [0.1, 0.15) is 12.8 Å². The molecule has 0 aromatic rings. The zero-order valence-corrected chi connectivity index (χ0v) is 9.72. The average Bonchev–Trinajstić information content (AvgIpc) is 2.18. The van der Waals surface area contributed by atoms with Crippen LogP contribution in [0.3, 0.4) is 0 Å². The Kier molecular flexibility index (Phi) is 4.78. The number of ether oxygens (including phenoxy) is 2. The van der Waals surface area contributed by atoms with Crippen LogP contribution in [-0.2, 0) is 9.47 Å². The lowest BCUT2D eigenvalue weighted by atomic mass is 9.97. The van der Waals surface area contributed by atoms with Crippen LogP contribution in [0.2, 0.25) is 0 Å². The molecule has 0 radical (unpaired) electrons. The maximum absolute atomic E-state index is 12.7. The van der Waals surface area contributed by atoms with Crippen LogP contribution in [0.4, 0.5) is 4.39 Å². The van der Waals surface area contributed by atoms with Crippen molar-refractivity contribution in [3.8, 4) is 0 Å². The molecule has 0 saturated heterocycles. The third-order valence-corrected chi connectivity index (χ3v) is 3.03. The summed E-state index contributed by atoms with van der Waals surface area (Å²) in [5.41, 5.74) is 0. The van der Waals surface area contributed by atoms with Gasteiger partial charge in [0, 0.05) is 11.4 Å². The topological polar surface area (TPSA) is 18.5 Å². The van der Waals surface area contributed by atoms with Crippen molar-refractivity contribution in [3.63, 3.8) is 0 Å². The minimum Gasteiger partial charge on any atom is -0.359 e. The highest BCUT2D eigenvalue weighted by Gasteiger charge is 2.24. The van der Waals surface area contributed by atoms with Crippen molar-refractivity contribution >= 4 is 15.9 Å². The molecule has 0 fully saturated rings. The molecule has 80 valence electrons. The number of rotatable bonds is 5. The number of hydrogen-bond donors (Lipinski definition) is 0. The van der Waals surface area contributed by atoms with Crippen LogP contribution in [0.25, 0.3) is 0 Å². The summed E-state index contributed by atoms with van der Waals surface area (Å²) >= 11 is 3.56. The molecule has 1 rings (SSSR count). The highest BCUT2D eigenvalue weighted by Crippen LogP contribution is 2.33. The van der Waals surface area contributed by atoms with E-state index in [2.05, 4.69) is 15.9 Å². The van der Waals surface area contributed by atoms with E-state index in [9.17, 15) is 4.39 Å². The third-order valence-electron chi connectivity index (χ3n) is 2.04. The fourth-order valence-electron chi connectivity index (χ4n) is 1.20. The minimum absolute atomic E-state index is 0.156. The van der Waals surface area contributed by atoms with Crippen molar-refractivity contribution in [1.29, 1.82) is 0 Å². The summed E-state index contributed by atoms with van der Waals surface area (Å²) in [4.78, 5) is 0. The first-order valence-electron chi connectivity index (χ1n) is 4.47. The Morgan fingerprint density at radius 3 is 3.00 bits per heavy atom. The second-order valence-corrected chi connectivity index (χ2v) is 4.81. The van der Waals surface area contributed by atoms with E-state index in [1.54, 1.807) is 13.2 Å². The van der Waals surface area contributed by atoms with Crippen LogP contribution in [-0.4, -0.2) is 24.8 Å². The molecule has 1 aliphatic carbocycles. The van der Waals surface area contributed by atoms with Gasteiger partial charge in [-0.1, -0.05) is 22.0 Å². The Morgan fingerprint density at radius 2 is 2.43 bits per heavy atom. The Balaban J connectivity index is 2.27. The van der Waals surface area contributed by atoms with Crippen LogP contribution in [0, 0.1) is 0 Å². The van der Waals surface area contributed by atoms with E-state index in [1.807, 2.05) is 6.08 Å². The molecule has 0 amide bonds. The quantitative estimate of drug-likeness (QED) is 0.432. The van der Waals surface area contributed by atoms with E-state index in [1.165, 1.54) is 6.08 Å². The summed E-state index contributed by atoms with van der Waals surface area (Å²) in [5.74, 6) is -0.169. The summed E-state index contributed by atoms with van der Waals surface area (Å²) in [6.45, 7) is 0.899. The van der Waals surface area contributed by atoms with E-state index in [-0.39, 0.29) is 10.2 Å². The molecule has 0 aromatic heterocycles. The first-order chi connectivity index (χ1) is 6.66. The first-order valence-corrected chi connectivity index (χ1v) is 5.26. The van der Waals surface area contributed by atoms with Crippen LogP contribution in [0.5, 0.6) is 0 Å². The van der Waals surface area contributed by atoms with Gasteiger partial charge in [0.25, 0.3) is 0 Å². The molecule has 0 bridgehead atoms. The lowest BCUT2D eigenvalue weighted by Gasteiger charge is -2.24. The standard InChI is InChI=1S/C10H14BrFO2/c1-13-8-14-7-6-10(11)4-2-9(12)3-5-10/h2-4H,5-8H2,1H3. The minimum atomic E-state index is -0.169. The van der Waals surface area contributed by atoms with Gasteiger partial charge in [0.2, 0.25) is 0 Å². The van der Waals surface area contributed by atoms with Gasteiger partial charge < -0.3 is 9.47 Å². The highest BCUT2D eigenvalue weighted by atomic mass is 79.9. The lowest BCUT2D eigenvalue weighted by molar-refractivity contribution is -0.0322. The summed E-state index contributed by atoms with van der Waals surface area (Å²) in [6.07, 6.45) is 6.35. The largest absolute Gasteiger partial charge is 0.359 e. The number of methoxy groups -OCH3 is 1. The number of allylic oxidation sites excluding steroid dienone is 4. The van der Waals surface area contributed by atoms with Crippen molar-refractivity contribution < 1.29 is 13.9 Å². The van der Waals surface area contributed by atoms with Gasteiger partial charge in [-0.3, -0.25) is 0 Å². The summed E-state index contributed by atoms with van der Waals surface area (Å²) in [6, 6.07) is 0. The van der Waals surface area contributed by atoms with Crippen molar-refractivity contribution in [3.05, 3.63) is 24.1 Å². The Labute approximate surface area is 91.9 Å². The molecule has 0 aromatic carbocycles. The molecule has 2 nitrogen and oxygen atoms in total. The monoisotopic (exact) mass is 264 g/mol. The van der Waals surface area contributed by atoms with Crippen molar-refractivity contribution in [2.24, 2.45) is 0 Å². The fraction of sp³-hybridized carbons (Fsp3) is 0.600. The molecule has 0 saturated carbocycles. The number of alkyl halides is 1.